The molecule has 3 atom stereocenters. The summed E-state index contributed by atoms with van der Waals surface area (Å²) >= 11 is 0. The monoisotopic (exact) mass is 367 g/mol. The van der Waals surface area contributed by atoms with Gasteiger partial charge in [0.25, 0.3) is 0 Å². The fraction of sp³-hybridized carbons (Fsp3) is 0.500. The summed E-state index contributed by atoms with van der Waals surface area (Å²) in [5.41, 5.74) is 3.49. The van der Waals surface area contributed by atoms with E-state index in [9.17, 15) is 5.11 Å². The molecule has 3 rings (SSSR count). The van der Waals surface area contributed by atoms with Crippen LogP contribution in [0.1, 0.15) is 63.1 Å². The maximum absolute atomic E-state index is 11.9. The lowest BCUT2D eigenvalue weighted by molar-refractivity contribution is -0.0433. The molecular weight excluding hydrogens is 334 g/mol. The van der Waals surface area contributed by atoms with Crippen LogP contribution in [-0.2, 0) is 11.1 Å². The number of anilines is 1. The van der Waals surface area contributed by atoms with Gasteiger partial charge in [0.15, 0.2) is 0 Å². The number of rotatable bonds is 7. The van der Waals surface area contributed by atoms with Crippen molar-refractivity contribution in [1.29, 1.82) is 0 Å². The fourth-order valence-corrected chi connectivity index (χ4v) is 4.95. The molecule has 1 aliphatic carbocycles. The molecule has 3 heteroatoms. The molecular formula is C24H33NO2. The van der Waals surface area contributed by atoms with Gasteiger partial charge >= 0.3 is 0 Å². The van der Waals surface area contributed by atoms with E-state index < -0.39 is 5.60 Å². The third kappa shape index (κ3) is 3.34. The highest BCUT2D eigenvalue weighted by molar-refractivity contribution is 5.56. The van der Waals surface area contributed by atoms with Crippen molar-refractivity contribution in [3.63, 3.8) is 0 Å². The van der Waals surface area contributed by atoms with E-state index in [1.54, 1.807) is 7.11 Å². The lowest BCUT2D eigenvalue weighted by atomic mass is 9.74. The molecule has 3 nitrogen and oxygen atoms in total. The average molecular weight is 368 g/mol. The van der Waals surface area contributed by atoms with Crippen LogP contribution >= 0.6 is 0 Å². The Bertz CT molecular complexity index is 785. The highest BCUT2D eigenvalue weighted by Gasteiger charge is 2.56. The van der Waals surface area contributed by atoms with Crippen LogP contribution in [0, 0.1) is 12.8 Å². The van der Waals surface area contributed by atoms with Gasteiger partial charge in [0.2, 0.25) is 0 Å². The highest BCUT2D eigenvalue weighted by Crippen LogP contribution is 2.56. The average Bonchev–Trinajstić information content (AvgIpc) is 2.82. The maximum Gasteiger partial charge on any atom is 0.119 e. The fourth-order valence-electron chi connectivity index (χ4n) is 4.95. The number of methoxy groups -OCH3 is 1. The zero-order valence-electron chi connectivity index (χ0n) is 17.3. The number of fused-ring (bicyclic) bond motifs is 1. The summed E-state index contributed by atoms with van der Waals surface area (Å²) < 4.78 is 5.29. The molecule has 0 aromatic heterocycles. The number of hydrogen-bond acceptors (Lipinski definition) is 3. The van der Waals surface area contributed by atoms with E-state index in [2.05, 4.69) is 63.3 Å². The zero-order valence-corrected chi connectivity index (χ0v) is 17.3. The van der Waals surface area contributed by atoms with Crippen LogP contribution in [0.3, 0.4) is 0 Å². The molecule has 0 unspecified atom stereocenters. The number of benzene rings is 2. The molecule has 0 saturated heterocycles. The van der Waals surface area contributed by atoms with Gasteiger partial charge in [-0.3, -0.25) is 0 Å². The minimum absolute atomic E-state index is 0.119. The summed E-state index contributed by atoms with van der Waals surface area (Å²) in [7, 11) is 1.68. The minimum Gasteiger partial charge on any atom is -0.497 e. The van der Waals surface area contributed by atoms with Crippen LogP contribution in [0.2, 0.25) is 0 Å². The number of nitrogens with one attached hydrogen (secondary N) is 1. The van der Waals surface area contributed by atoms with Crippen molar-refractivity contribution in [3.05, 3.63) is 59.2 Å². The number of aryl methyl sites for hydroxylation is 1. The van der Waals surface area contributed by atoms with Gasteiger partial charge in [0.05, 0.1) is 18.2 Å². The van der Waals surface area contributed by atoms with Crippen molar-refractivity contribution in [1.82, 2.24) is 0 Å². The summed E-state index contributed by atoms with van der Waals surface area (Å²) in [5.74, 6) is 0.967. The van der Waals surface area contributed by atoms with Crippen molar-refractivity contribution in [2.24, 2.45) is 5.92 Å². The van der Waals surface area contributed by atoms with Crippen molar-refractivity contribution < 1.29 is 9.84 Å². The van der Waals surface area contributed by atoms with Gasteiger partial charge in [-0.1, -0.05) is 50.5 Å². The summed E-state index contributed by atoms with van der Waals surface area (Å²) in [6.45, 7) is 8.74. The first-order valence-corrected chi connectivity index (χ1v) is 10.1. The van der Waals surface area contributed by atoms with Crippen molar-refractivity contribution in [3.8, 4) is 5.75 Å². The van der Waals surface area contributed by atoms with E-state index >= 15 is 0 Å². The topological polar surface area (TPSA) is 41.5 Å². The lowest BCUT2D eigenvalue weighted by Gasteiger charge is -2.40. The zero-order chi connectivity index (χ0) is 19.7. The smallest absolute Gasteiger partial charge is 0.119 e. The molecule has 0 bridgehead atoms. The van der Waals surface area contributed by atoms with Crippen molar-refractivity contribution in [2.45, 2.75) is 64.5 Å². The van der Waals surface area contributed by atoms with Crippen molar-refractivity contribution in [2.75, 3.05) is 12.4 Å². The number of ether oxygens (including phenoxy) is 1. The van der Waals surface area contributed by atoms with Crippen LogP contribution < -0.4 is 10.1 Å². The number of aliphatic hydroxyl groups is 1. The summed E-state index contributed by atoms with van der Waals surface area (Å²) in [5, 5.41) is 15.6. The van der Waals surface area contributed by atoms with Crippen molar-refractivity contribution >= 4 is 5.69 Å². The Balaban J connectivity index is 2.10. The van der Waals surface area contributed by atoms with Gasteiger partial charge in [-0.2, -0.15) is 0 Å². The first-order valence-electron chi connectivity index (χ1n) is 10.1. The van der Waals surface area contributed by atoms with Gasteiger partial charge in [0.1, 0.15) is 5.75 Å². The Morgan fingerprint density at radius 2 is 1.74 bits per heavy atom. The maximum atomic E-state index is 11.9. The third-order valence-corrected chi connectivity index (χ3v) is 6.18. The molecule has 0 amide bonds. The molecule has 146 valence electrons. The van der Waals surface area contributed by atoms with Gasteiger partial charge in [-0.25, -0.2) is 0 Å². The van der Waals surface area contributed by atoms with E-state index in [-0.39, 0.29) is 11.5 Å². The van der Waals surface area contributed by atoms with Crippen LogP contribution in [0.25, 0.3) is 0 Å². The number of hydrogen-bond donors (Lipinski definition) is 2. The summed E-state index contributed by atoms with van der Waals surface area (Å²) in [6.07, 6.45) is 3.77. The second kappa shape index (κ2) is 7.55. The van der Waals surface area contributed by atoms with Crippen LogP contribution in [0.5, 0.6) is 5.75 Å². The second-order valence-corrected chi connectivity index (χ2v) is 8.12. The standard InChI is InChI=1S/C24H33NO2/c1-6-8-22-23(4,25-18-10-12-19(27-5)13-11-18)21-16-17(3)9-14-20(21)24(22,26)15-7-2/h9-14,16,22,25-26H,6-8,15H2,1-5H3/t22-,23+,24-/m0/s1. The summed E-state index contributed by atoms with van der Waals surface area (Å²) in [4.78, 5) is 0. The molecule has 0 fully saturated rings. The molecule has 2 N–H and O–H groups in total. The SMILES string of the molecule is CCC[C@@H]1[C@](O)(CCC)c2ccc(C)cc2[C@@]1(C)Nc1ccc(OC)cc1. The summed E-state index contributed by atoms with van der Waals surface area (Å²) in [6, 6.07) is 14.6. The van der Waals surface area contributed by atoms with Crippen LogP contribution in [0.4, 0.5) is 5.69 Å². The highest BCUT2D eigenvalue weighted by atomic mass is 16.5. The van der Waals surface area contributed by atoms with Gasteiger partial charge in [0, 0.05) is 11.6 Å². The molecule has 2 aromatic carbocycles. The minimum atomic E-state index is -0.790. The predicted octanol–water partition coefficient (Wildman–Crippen LogP) is 5.75. The van der Waals surface area contributed by atoms with E-state index in [0.717, 1.165) is 42.7 Å². The molecule has 27 heavy (non-hydrogen) atoms. The molecule has 1 aliphatic rings. The van der Waals surface area contributed by atoms with Gasteiger partial charge in [-0.05, 0) is 62.1 Å². The molecule has 0 spiro atoms. The largest absolute Gasteiger partial charge is 0.497 e. The quantitative estimate of drug-likeness (QED) is 0.655. The Hall–Kier alpha value is -2.00. The Labute approximate surface area is 163 Å². The lowest BCUT2D eigenvalue weighted by Crippen LogP contribution is -2.44. The normalized spacial score (nSPS) is 26.7. The van der Waals surface area contributed by atoms with E-state index in [0.29, 0.717) is 0 Å². The Morgan fingerprint density at radius 1 is 1.04 bits per heavy atom. The van der Waals surface area contributed by atoms with Gasteiger partial charge in [-0.15, -0.1) is 0 Å². The first-order chi connectivity index (χ1) is 12.9. The van der Waals surface area contributed by atoms with E-state index in [1.165, 1.54) is 11.1 Å². The second-order valence-electron chi connectivity index (χ2n) is 8.12. The molecule has 2 aromatic rings. The van der Waals surface area contributed by atoms with Gasteiger partial charge < -0.3 is 15.2 Å². The molecule has 0 aliphatic heterocycles. The molecule has 0 radical (unpaired) electrons. The van der Waals surface area contributed by atoms with E-state index in [4.69, 9.17) is 4.74 Å². The first kappa shape index (κ1) is 19.8. The van der Waals surface area contributed by atoms with E-state index in [1.807, 2.05) is 12.1 Å². The third-order valence-electron chi connectivity index (χ3n) is 6.18. The Kier molecular flexibility index (Phi) is 5.53. The van der Waals surface area contributed by atoms with Crippen LogP contribution in [0.15, 0.2) is 42.5 Å². The molecule has 0 saturated carbocycles. The predicted molar refractivity (Wildman–Crippen MR) is 112 cm³/mol. The van der Waals surface area contributed by atoms with Crippen LogP contribution in [-0.4, -0.2) is 12.2 Å². The molecule has 0 heterocycles. The Morgan fingerprint density at radius 3 is 2.33 bits per heavy atom.